The highest BCUT2D eigenvalue weighted by Crippen LogP contribution is 2.33. The van der Waals surface area contributed by atoms with E-state index in [1.54, 1.807) is 13.1 Å². The van der Waals surface area contributed by atoms with Gasteiger partial charge in [-0.25, -0.2) is 0 Å². The van der Waals surface area contributed by atoms with Crippen LogP contribution >= 0.6 is 0 Å². The molecule has 1 aromatic carbocycles. The predicted molar refractivity (Wildman–Crippen MR) is 96.9 cm³/mol. The molecule has 0 bridgehead atoms. The summed E-state index contributed by atoms with van der Waals surface area (Å²) in [5.74, 6) is -0.293. The summed E-state index contributed by atoms with van der Waals surface area (Å²) in [6.07, 6.45) is 1.69. The second-order valence-corrected chi connectivity index (χ2v) is 7.02. The zero-order chi connectivity index (χ0) is 17.9. The highest BCUT2D eigenvalue weighted by Gasteiger charge is 2.23. The van der Waals surface area contributed by atoms with E-state index in [0.717, 1.165) is 22.5 Å². The molecule has 1 atom stereocenters. The first-order valence-corrected chi connectivity index (χ1v) is 8.08. The summed E-state index contributed by atoms with van der Waals surface area (Å²) >= 11 is 0. The maximum Gasteiger partial charge on any atom is 0.229 e. The topological polar surface area (TPSA) is 59.1 Å². The minimum absolute atomic E-state index is 0.0555. The van der Waals surface area contributed by atoms with Crippen molar-refractivity contribution < 1.29 is 9.59 Å². The third kappa shape index (κ3) is 3.88. The molecule has 126 valence electrons. The van der Waals surface area contributed by atoms with Gasteiger partial charge in [-0.2, -0.15) is 0 Å². The van der Waals surface area contributed by atoms with Crippen LogP contribution in [0.1, 0.15) is 46.2 Å². The number of carbonyl (C=O) groups excluding carboxylic acids is 2. The molecule has 0 saturated carbocycles. The number of para-hydroxylation sites is 1. The summed E-state index contributed by atoms with van der Waals surface area (Å²) in [6, 6.07) is 11.4. The number of anilines is 1. The van der Waals surface area contributed by atoms with Crippen LogP contribution in [0.15, 0.2) is 42.6 Å². The molecule has 0 aliphatic heterocycles. The summed E-state index contributed by atoms with van der Waals surface area (Å²) in [4.78, 5) is 28.6. The van der Waals surface area contributed by atoms with Crippen molar-refractivity contribution in [2.24, 2.45) is 5.41 Å². The first-order valence-electron chi connectivity index (χ1n) is 8.08. The normalized spacial score (nSPS) is 12.5. The molecular formula is C20H24N2O2. The molecule has 1 amide bonds. The molecule has 1 aromatic heterocycles. The second-order valence-electron chi connectivity index (χ2n) is 7.02. The minimum Gasteiger partial charge on any atom is -0.325 e. The summed E-state index contributed by atoms with van der Waals surface area (Å²) in [5.41, 5.74) is 2.69. The second kappa shape index (κ2) is 6.95. The first-order chi connectivity index (χ1) is 11.2. The third-order valence-corrected chi connectivity index (χ3v) is 4.01. The number of Topliss-reactive ketones (excluding diaryl/α,β-unsaturated/α-hetero) is 1. The van der Waals surface area contributed by atoms with Crippen LogP contribution in [0.25, 0.3) is 11.1 Å². The van der Waals surface area contributed by atoms with E-state index in [2.05, 4.69) is 10.3 Å². The summed E-state index contributed by atoms with van der Waals surface area (Å²) in [7, 11) is 0. The van der Waals surface area contributed by atoms with Gasteiger partial charge in [-0.1, -0.05) is 45.0 Å². The van der Waals surface area contributed by atoms with Crippen LogP contribution in [0.2, 0.25) is 0 Å². The van der Waals surface area contributed by atoms with Crippen LogP contribution < -0.4 is 5.32 Å². The zero-order valence-corrected chi connectivity index (χ0v) is 14.9. The molecule has 0 spiro atoms. The number of hydrogen-bond acceptors (Lipinski definition) is 3. The Morgan fingerprint density at radius 1 is 1.04 bits per heavy atom. The molecule has 1 N–H and O–H groups in total. The van der Waals surface area contributed by atoms with Gasteiger partial charge in [-0.15, -0.1) is 0 Å². The van der Waals surface area contributed by atoms with Gasteiger partial charge < -0.3 is 5.32 Å². The Morgan fingerprint density at radius 2 is 1.67 bits per heavy atom. The van der Waals surface area contributed by atoms with Gasteiger partial charge in [0.15, 0.2) is 0 Å². The number of aromatic nitrogens is 1. The summed E-state index contributed by atoms with van der Waals surface area (Å²) in [6.45, 7) is 9.04. The van der Waals surface area contributed by atoms with E-state index < -0.39 is 5.41 Å². The summed E-state index contributed by atoms with van der Waals surface area (Å²) < 4.78 is 0. The number of ketones is 1. The molecule has 2 rings (SSSR count). The van der Waals surface area contributed by atoms with E-state index >= 15 is 0 Å². The number of carbonyl (C=O) groups is 2. The number of rotatable bonds is 4. The van der Waals surface area contributed by atoms with Crippen molar-refractivity contribution in [1.29, 1.82) is 0 Å². The van der Waals surface area contributed by atoms with Crippen molar-refractivity contribution in [3.05, 3.63) is 48.3 Å². The Hall–Kier alpha value is -2.49. The lowest BCUT2D eigenvalue weighted by Gasteiger charge is -2.20. The van der Waals surface area contributed by atoms with Gasteiger partial charge in [0.2, 0.25) is 5.91 Å². The molecule has 0 aliphatic rings. The lowest BCUT2D eigenvalue weighted by molar-refractivity contribution is -0.123. The molecular weight excluding hydrogens is 300 g/mol. The molecule has 0 saturated heterocycles. The van der Waals surface area contributed by atoms with Gasteiger partial charge in [-0.3, -0.25) is 14.6 Å². The van der Waals surface area contributed by atoms with Crippen LogP contribution in [-0.4, -0.2) is 16.7 Å². The van der Waals surface area contributed by atoms with Crippen LogP contribution in [0.4, 0.5) is 5.69 Å². The van der Waals surface area contributed by atoms with E-state index in [1.807, 2.05) is 64.1 Å². The molecule has 1 heterocycles. The molecule has 0 fully saturated rings. The number of nitrogens with one attached hydrogen (secondary N) is 1. The highest BCUT2D eigenvalue weighted by molar-refractivity contribution is 5.98. The SMILES string of the molecule is CC(=O)C(C)c1ncccc1-c1ccccc1NC(=O)C(C)(C)C. The van der Waals surface area contributed by atoms with E-state index in [0.29, 0.717) is 0 Å². The molecule has 1 unspecified atom stereocenters. The van der Waals surface area contributed by atoms with Crippen LogP contribution in [0.3, 0.4) is 0 Å². The lowest BCUT2D eigenvalue weighted by Crippen LogP contribution is -2.27. The quantitative estimate of drug-likeness (QED) is 0.905. The van der Waals surface area contributed by atoms with Crippen LogP contribution in [0.5, 0.6) is 0 Å². The fourth-order valence-corrected chi connectivity index (χ4v) is 2.32. The molecule has 4 nitrogen and oxygen atoms in total. The zero-order valence-electron chi connectivity index (χ0n) is 14.9. The number of nitrogens with zero attached hydrogens (tertiary/aromatic N) is 1. The molecule has 0 radical (unpaired) electrons. The Labute approximate surface area is 143 Å². The van der Waals surface area contributed by atoms with E-state index in [-0.39, 0.29) is 17.6 Å². The van der Waals surface area contributed by atoms with Crippen LogP contribution in [0, 0.1) is 5.41 Å². The van der Waals surface area contributed by atoms with Crippen molar-refractivity contribution in [3.63, 3.8) is 0 Å². The molecule has 24 heavy (non-hydrogen) atoms. The fourth-order valence-electron chi connectivity index (χ4n) is 2.32. The predicted octanol–water partition coefficient (Wildman–Crippen LogP) is 4.43. The maximum absolute atomic E-state index is 12.4. The van der Waals surface area contributed by atoms with Crippen molar-refractivity contribution in [2.45, 2.75) is 40.5 Å². The van der Waals surface area contributed by atoms with E-state index in [1.165, 1.54) is 0 Å². The van der Waals surface area contributed by atoms with Gasteiger partial charge >= 0.3 is 0 Å². The monoisotopic (exact) mass is 324 g/mol. The maximum atomic E-state index is 12.4. The number of amides is 1. The highest BCUT2D eigenvalue weighted by atomic mass is 16.2. The average Bonchev–Trinajstić information content (AvgIpc) is 2.53. The first kappa shape index (κ1) is 17.9. The van der Waals surface area contributed by atoms with E-state index in [9.17, 15) is 9.59 Å². The number of hydrogen-bond donors (Lipinski definition) is 1. The smallest absolute Gasteiger partial charge is 0.229 e. The molecule has 4 heteroatoms. The van der Waals surface area contributed by atoms with Crippen molar-refractivity contribution >= 4 is 17.4 Å². The fraction of sp³-hybridized carbons (Fsp3) is 0.350. The van der Waals surface area contributed by atoms with Crippen molar-refractivity contribution in [1.82, 2.24) is 4.98 Å². The van der Waals surface area contributed by atoms with Crippen molar-refractivity contribution in [3.8, 4) is 11.1 Å². The van der Waals surface area contributed by atoms with Gasteiger partial charge in [0.25, 0.3) is 0 Å². The standard InChI is InChI=1S/C20H24N2O2/c1-13(14(2)23)18-16(10-8-12-21-18)15-9-6-7-11-17(15)22-19(24)20(3,4)5/h6-13H,1-5H3,(H,22,24). The average molecular weight is 324 g/mol. The minimum atomic E-state index is -0.489. The van der Waals surface area contributed by atoms with Gasteiger partial charge in [-0.05, 0) is 26.0 Å². The van der Waals surface area contributed by atoms with Gasteiger partial charge in [0.1, 0.15) is 5.78 Å². The largest absolute Gasteiger partial charge is 0.325 e. The van der Waals surface area contributed by atoms with Crippen LogP contribution in [-0.2, 0) is 9.59 Å². The summed E-state index contributed by atoms with van der Waals surface area (Å²) in [5, 5.41) is 2.99. The van der Waals surface area contributed by atoms with Gasteiger partial charge in [0.05, 0.1) is 11.6 Å². The van der Waals surface area contributed by atoms with Gasteiger partial charge in [0, 0.05) is 28.4 Å². The Morgan fingerprint density at radius 3 is 2.29 bits per heavy atom. The van der Waals surface area contributed by atoms with Crippen molar-refractivity contribution in [2.75, 3.05) is 5.32 Å². The van der Waals surface area contributed by atoms with E-state index in [4.69, 9.17) is 0 Å². The molecule has 0 aliphatic carbocycles. The lowest BCUT2D eigenvalue weighted by atomic mass is 9.92. The Kier molecular flexibility index (Phi) is 5.17. The third-order valence-electron chi connectivity index (χ3n) is 4.01. The Bertz CT molecular complexity index is 760. The number of pyridine rings is 1. The molecule has 2 aromatic rings. The Balaban J connectivity index is 2.52. The number of benzene rings is 1.